The van der Waals surface area contributed by atoms with E-state index < -0.39 is 0 Å². The number of nitrogens with zero attached hydrogens (tertiary/aromatic N) is 2. The molecule has 0 spiro atoms. The van der Waals surface area contributed by atoms with E-state index >= 15 is 0 Å². The molecule has 0 aromatic rings. The molecule has 8 heteroatoms. The zero-order valence-electron chi connectivity index (χ0n) is 7.16. The maximum atomic E-state index is 10.5. The maximum Gasteiger partial charge on any atom is 0.155 e. The summed E-state index contributed by atoms with van der Waals surface area (Å²) >= 11 is 2.07. The van der Waals surface area contributed by atoms with Gasteiger partial charge < -0.3 is 10.5 Å². The summed E-state index contributed by atoms with van der Waals surface area (Å²) in [5.74, 6) is 5.56. The number of carbonyl (C=O) groups excluding carboxylic acids is 1. The fourth-order valence-electron chi connectivity index (χ4n) is 0.485. The van der Waals surface area contributed by atoms with Crippen LogP contribution in [0.2, 0.25) is 0 Å². The first-order valence-electron chi connectivity index (χ1n) is 3.37. The van der Waals surface area contributed by atoms with Gasteiger partial charge in [-0.3, -0.25) is 4.79 Å². The fourth-order valence-corrected chi connectivity index (χ4v) is 0.975. The molecule has 0 aliphatic carbocycles. The monoisotopic (exact) mass is 318 g/mol. The fraction of sp³-hybridized carbons (Fsp3) is 0.600. The average molecular weight is 318 g/mol. The summed E-state index contributed by atoms with van der Waals surface area (Å²) in [7, 11) is 0. The molecule has 0 rings (SSSR count). The number of nitrogens with two attached hydrogens (primary N) is 2. The highest BCUT2D eigenvalue weighted by atomic mass is 127. The summed E-state index contributed by atoms with van der Waals surface area (Å²) in [6, 6.07) is 0. The van der Waals surface area contributed by atoms with Gasteiger partial charge in [-0.25, -0.2) is 10.7 Å². The molecule has 0 radical (unpaired) electrons. The van der Waals surface area contributed by atoms with Crippen molar-refractivity contribution in [1.82, 2.24) is 4.89 Å². The molecule has 0 saturated heterocycles. The van der Waals surface area contributed by atoms with Gasteiger partial charge in [0.1, 0.15) is 19.0 Å². The SMILES string of the molecule is CC(=O)COC/C(N)=N/N(N)PI. The van der Waals surface area contributed by atoms with Crippen LogP contribution in [-0.2, 0) is 9.53 Å². The lowest BCUT2D eigenvalue weighted by Gasteiger charge is -2.08. The van der Waals surface area contributed by atoms with Crippen LogP contribution < -0.4 is 11.6 Å². The van der Waals surface area contributed by atoms with E-state index in [0.29, 0.717) is 6.37 Å². The van der Waals surface area contributed by atoms with E-state index in [1.54, 1.807) is 0 Å². The van der Waals surface area contributed by atoms with Crippen LogP contribution in [0.25, 0.3) is 0 Å². The van der Waals surface area contributed by atoms with Crippen LogP contribution in [0.1, 0.15) is 6.92 Å². The smallest absolute Gasteiger partial charge is 0.155 e. The quantitative estimate of drug-likeness (QED) is 0.179. The second-order valence-corrected chi connectivity index (χ2v) is 4.29. The number of ether oxygens (including phenoxy) is 1. The minimum absolute atomic E-state index is 0.0480. The minimum atomic E-state index is -0.0480. The number of halogens is 1. The molecule has 0 aromatic carbocycles. The Bertz CT molecular complexity index is 201. The predicted octanol–water partition coefficient (Wildman–Crippen LogP) is -0.0166. The van der Waals surface area contributed by atoms with E-state index in [-0.39, 0.29) is 24.8 Å². The van der Waals surface area contributed by atoms with E-state index in [1.165, 1.54) is 11.8 Å². The molecular weight excluding hydrogens is 306 g/mol. The van der Waals surface area contributed by atoms with Gasteiger partial charge in [0.25, 0.3) is 0 Å². The molecule has 0 aliphatic rings. The number of carbonyl (C=O) groups is 1. The summed E-state index contributed by atoms with van der Waals surface area (Å²) in [5.41, 5.74) is 5.43. The van der Waals surface area contributed by atoms with Crippen LogP contribution in [0.4, 0.5) is 0 Å². The molecule has 0 amide bonds. The van der Waals surface area contributed by atoms with Gasteiger partial charge >= 0.3 is 0 Å². The third-order valence-electron chi connectivity index (χ3n) is 0.878. The van der Waals surface area contributed by atoms with Crippen molar-refractivity contribution >= 4 is 40.0 Å². The van der Waals surface area contributed by atoms with E-state index in [0.717, 1.165) is 0 Å². The van der Waals surface area contributed by atoms with Gasteiger partial charge in [-0.05, 0) is 29.0 Å². The van der Waals surface area contributed by atoms with E-state index in [1.807, 2.05) is 0 Å². The van der Waals surface area contributed by atoms with Crippen molar-refractivity contribution in [2.75, 3.05) is 13.2 Å². The van der Waals surface area contributed by atoms with Crippen molar-refractivity contribution in [1.29, 1.82) is 0 Å². The van der Waals surface area contributed by atoms with Gasteiger partial charge in [0.05, 0.1) is 6.37 Å². The van der Waals surface area contributed by atoms with Crippen LogP contribution >= 0.6 is 28.4 Å². The Labute approximate surface area is 91.3 Å². The number of ketones is 1. The van der Waals surface area contributed by atoms with Crippen molar-refractivity contribution < 1.29 is 9.53 Å². The number of hydrogen-bond acceptors (Lipinski definition) is 5. The van der Waals surface area contributed by atoms with Crippen LogP contribution in [0, 0.1) is 0 Å². The summed E-state index contributed by atoms with van der Waals surface area (Å²) in [5, 5.41) is 3.77. The summed E-state index contributed by atoms with van der Waals surface area (Å²) < 4.78 is 4.92. The van der Waals surface area contributed by atoms with Crippen molar-refractivity contribution in [2.24, 2.45) is 16.7 Å². The Morgan fingerprint density at radius 3 is 2.77 bits per heavy atom. The summed E-state index contributed by atoms with van der Waals surface area (Å²) in [6.07, 6.45) is 0.316. The molecule has 13 heavy (non-hydrogen) atoms. The lowest BCUT2D eigenvalue weighted by atomic mass is 10.5. The van der Waals surface area contributed by atoms with Gasteiger partial charge in [-0.1, -0.05) is 0 Å². The molecule has 4 N–H and O–H groups in total. The molecule has 6 nitrogen and oxygen atoms in total. The number of hydrogen-bond donors (Lipinski definition) is 2. The molecule has 76 valence electrons. The van der Waals surface area contributed by atoms with Crippen LogP contribution in [-0.4, -0.2) is 29.7 Å². The second kappa shape index (κ2) is 7.43. The van der Waals surface area contributed by atoms with Gasteiger partial charge in [0.2, 0.25) is 0 Å². The third kappa shape index (κ3) is 8.35. The van der Waals surface area contributed by atoms with E-state index in [4.69, 9.17) is 16.3 Å². The zero-order chi connectivity index (χ0) is 10.3. The molecule has 1 atom stereocenters. The molecule has 0 aromatic heterocycles. The predicted molar refractivity (Wildman–Crippen MR) is 61.5 cm³/mol. The van der Waals surface area contributed by atoms with E-state index in [9.17, 15) is 4.79 Å². The Hall–Kier alpha value is 0.0200. The second-order valence-electron chi connectivity index (χ2n) is 2.22. The lowest BCUT2D eigenvalue weighted by Crippen LogP contribution is -2.26. The van der Waals surface area contributed by atoms with Crippen molar-refractivity contribution in [3.63, 3.8) is 0 Å². The zero-order valence-corrected chi connectivity index (χ0v) is 10.3. The number of hydrazone groups is 1. The Balaban J connectivity index is 3.66. The topological polar surface area (TPSA) is 93.9 Å². The third-order valence-corrected chi connectivity index (χ3v) is 2.63. The molecule has 1 unspecified atom stereocenters. The highest BCUT2D eigenvalue weighted by Crippen LogP contribution is 2.22. The number of amidine groups is 1. The van der Waals surface area contributed by atoms with Crippen molar-refractivity contribution in [2.45, 2.75) is 6.92 Å². The summed E-state index contributed by atoms with van der Waals surface area (Å²) in [6.45, 7) is 1.61. The molecule has 0 fully saturated rings. The van der Waals surface area contributed by atoms with Crippen LogP contribution in [0.3, 0.4) is 0 Å². The van der Waals surface area contributed by atoms with Gasteiger partial charge in [0.15, 0.2) is 5.78 Å². The number of Topliss-reactive ketones (excluding diaryl/α,β-unsaturated/α-hetero) is 1. The molecule has 0 heterocycles. The first-order chi connectivity index (χ1) is 6.06. The molecule has 0 saturated carbocycles. The Kier molecular flexibility index (Phi) is 7.44. The molecule has 0 bridgehead atoms. The standard InChI is InChI=1S/C5H12IN4O2P/c1-4(11)2-12-3-5(7)9-10(8)13-6/h13H,2-3,8H2,1H3,(H2,7,9). The van der Waals surface area contributed by atoms with Gasteiger partial charge in [-0.15, -0.1) is 5.10 Å². The Morgan fingerprint density at radius 2 is 2.31 bits per heavy atom. The van der Waals surface area contributed by atoms with Gasteiger partial charge in [-0.2, -0.15) is 0 Å². The normalized spacial score (nSPS) is 12.4. The minimum Gasteiger partial charge on any atom is -0.384 e. The van der Waals surface area contributed by atoms with Crippen molar-refractivity contribution in [3.05, 3.63) is 0 Å². The largest absolute Gasteiger partial charge is 0.384 e. The number of rotatable bonds is 6. The van der Waals surface area contributed by atoms with Crippen LogP contribution in [0.15, 0.2) is 5.10 Å². The van der Waals surface area contributed by atoms with Crippen molar-refractivity contribution in [3.8, 4) is 0 Å². The van der Waals surface area contributed by atoms with E-state index in [2.05, 4.69) is 27.1 Å². The first-order valence-corrected chi connectivity index (χ1v) is 7.43. The highest BCUT2D eigenvalue weighted by molar-refractivity contribution is 14.2. The van der Waals surface area contributed by atoms with Gasteiger partial charge in [0, 0.05) is 0 Å². The first kappa shape index (κ1) is 13.0. The number of hydrazine groups is 1. The highest BCUT2D eigenvalue weighted by Gasteiger charge is 1.97. The molecular formula is C5H12IN4O2P. The van der Waals surface area contributed by atoms with Crippen LogP contribution in [0.5, 0.6) is 0 Å². The summed E-state index contributed by atoms with van der Waals surface area (Å²) in [4.78, 5) is 11.7. The average Bonchev–Trinajstić information content (AvgIpc) is 2.03. The Morgan fingerprint density at radius 1 is 1.69 bits per heavy atom. The lowest BCUT2D eigenvalue weighted by molar-refractivity contribution is -0.120. The maximum absolute atomic E-state index is 10.5. The molecule has 0 aliphatic heterocycles.